The van der Waals surface area contributed by atoms with Crippen LogP contribution in [-0.4, -0.2) is 58.6 Å². The fourth-order valence-corrected chi connectivity index (χ4v) is 2.82. The van der Waals surface area contributed by atoms with Crippen LogP contribution in [0.4, 0.5) is 9.59 Å². The van der Waals surface area contributed by atoms with Gasteiger partial charge in [-0.15, -0.1) is 0 Å². The number of likely N-dealkylation sites (N-methyl/N-ethyl adjacent to an activating group) is 1. The summed E-state index contributed by atoms with van der Waals surface area (Å²) in [6.07, 6.45) is 4.99. The molecule has 28 heavy (non-hydrogen) atoms. The summed E-state index contributed by atoms with van der Waals surface area (Å²) in [5, 5.41) is 3.34. The molecule has 1 atom stereocenters. The molecule has 0 aliphatic carbocycles. The highest BCUT2D eigenvalue weighted by molar-refractivity contribution is 6.07. The van der Waals surface area contributed by atoms with Gasteiger partial charge in [0.1, 0.15) is 17.7 Å². The molecule has 0 saturated carbocycles. The lowest BCUT2D eigenvalue weighted by Gasteiger charge is -2.25. The highest BCUT2D eigenvalue weighted by atomic mass is 16.6. The third-order valence-electron chi connectivity index (χ3n) is 4.36. The van der Waals surface area contributed by atoms with Gasteiger partial charge in [0.2, 0.25) is 0 Å². The molecule has 1 aliphatic heterocycles. The van der Waals surface area contributed by atoms with E-state index in [1.54, 1.807) is 27.7 Å². The molecule has 0 radical (unpaired) electrons. The van der Waals surface area contributed by atoms with E-state index in [4.69, 9.17) is 4.74 Å². The van der Waals surface area contributed by atoms with Crippen molar-refractivity contribution in [3.8, 4) is 0 Å². The van der Waals surface area contributed by atoms with E-state index < -0.39 is 35.1 Å². The lowest BCUT2D eigenvalue weighted by atomic mass is 9.94. The zero-order valence-electron chi connectivity index (χ0n) is 17.9. The molecule has 0 aromatic rings. The Hall–Kier alpha value is -2.32. The van der Waals surface area contributed by atoms with Crippen LogP contribution in [0.3, 0.4) is 0 Å². The molecular formula is C19H34N4O5. The first-order chi connectivity index (χ1) is 12.9. The molecule has 160 valence electrons. The number of rotatable bonds is 9. The largest absolute Gasteiger partial charge is 0.444 e. The van der Waals surface area contributed by atoms with Crippen molar-refractivity contribution in [2.45, 2.75) is 84.3 Å². The van der Waals surface area contributed by atoms with E-state index in [2.05, 4.69) is 17.7 Å². The van der Waals surface area contributed by atoms with Gasteiger partial charge in [0, 0.05) is 7.05 Å². The zero-order valence-corrected chi connectivity index (χ0v) is 17.9. The third kappa shape index (κ3) is 7.01. The average molecular weight is 399 g/mol. The van der Waals surface area contributed by atoms with Gasteiger partial charge in [0.25, 0.3) is 11.8 Å². The van der Waals surface area contributed by atoms with E-state index in [1.807, 2.05) is 0 Å². The number of amides is 5. The van der Waals surface area contributed by atoms with Crippen molar-refractivity contribution in [2.24, 2.45) is 0 Å². The van der Waals surface area contributed by atoms with E-state index in [9.17, 15) is 19.2 Å². The van der Waals surface area contributed by atoms with E-state index in [1.165, 1.54) is 7.05 Å². The highest BCUT2D eigenvalue weighted by Gasteiger charge is 2.48. The summed E-state index contributed by atoms with van der Waals surface area (Å²) in [5.41, 5.74) is 0.553. The van der Waals surface area contributed by atoms with Gasteiger partial charge in [-0.25, -0.2) is 9.59 Å². The Morgan fingerprint density at radius 1 is 1.18 bits per heavy atom. The number of urea groups is 1. The quantitative estimate of drug-likeness (QED) is 0.458. The van der Waals surface area contributed by atoms with Crippen LogP contribution in [0.25, 0.3) is 0 Å². The minimum atomic E-state index is -1.03. The SMILES string of the molecule is CCCCCCCC1(C)NC(=O)N(NC(=O)CN(C)C(=O)OC(C)(C)C)C1=O. The smallest absolute Gasteiger partial charge is 0.410 e. The van der Waals surface area contributed by atoms with Crippen molar-refractivity contribution >= 4 is 23.9 Å². The molecule has 5 amide bonds. The van der Waals surface area contributed by atoms with Gasteiger partial charge in [-0.3, -0.25) is 15.0 Å². The lowest BCUT2D eigenvalue weighted by molar-refractivity contribution is -0.139. The Balaban J connectivity index is 2.57. The molecule has 9 nitrogen and oxygen atoms in total. The summed E-state index contributed by atoms with van der Waals surface area (Å²) in [6, 6.07) is -0.672. The number of carbonyl (C=O) groups excluding carboxylic acids is 4. The van der Waals surface area contributed by atoms with Gasteiger partial charge in [0.05, 0.1) is 0 Å². The van der Waals surface area contributed by atoms with Gasteiger partial charge < -0.3 is 15.0 Å². The molecule has 0 bridgehead atoms. The minimum Gasteiger partial charge on any atom is -0.444 e. The van der Waals surface area contributed by atoms with Crippen molar-refractivity contribution in [3.63, 3.8) is 0 Å². The van der Waals surface area contributed by atoms with Crippen molar-refractivity contribution in [1.29, 1.82) is 0 Å². The molecule has 0 aromatic heterocycles. The molecule has 0 spiro atoms. The summed E-state index contributed by atoms with van der Waals surface area (Å²) < 4.78 is 5.17. The average Bonchev–Trinajstić information content (AvgIpc) is 2.76. The first-order valence-electron chi connectivity index (χ1n) is 9.80. The zero-order chi connectivity index (χ0) is 21.5. The topological polar surface area (TPSA) is 108 Å². The van der Waals surface area contributed by atoms with E-state index in [-0.39, 0.29) is 6.54 Å². The van der Waals surface area contributed by atoms with Crippen molar-refractivity contribution in [3.05, 3.63) is 0 Å². The van der Waals surface area contributed by atoms with Crippen LogP contribution in [-0.2, 0) is 14.3 Å². The summed E-state index contributed by atoms with van der Waals surface area (Å²) >= 11 is 0. The van der Waals surface area contributed by atoms with E-state index in [0.29, 0.717) is 11.4 Å². The Kier molecular flexibility index (Phi) is 8.26. The van der Waals surface area contributed by atoms with Gasteiger partial charge in [-0.1, -0.05) is 39.0 Å². The second-order valence-electron chi connectivity index (χ2n) is 8.44. The maximum Gasteiger partial charge on any atom is 0.410 e. The third-order valence-corrected chi connectivity index (χ3v) is 4.36. The van der Waals surface area contributed by atoms with Gasteiger partial charge in [-0.05, 0) is 34.1 Å². The standard InChI is InChI=1S/C19H34N4O5/c1-7-8-9-10-11-12-19(5)15(25)23(16(26)20-19)21-14(24)13-22(6)17(27)28-18(2,3)4/h7-13H2,1-6H3,(H,20,26)(H,21,24). The molecule has 0 aromatic carbocycles. The molecule has 1 fully saturated rings. The summed E-state index contributed by atoms with van der Waals surface area (Å²) in [6.45, 7) is 8.59. The molecule has 1 rings (SSSR count). The number of hydrogen-bond acceptors (Lipinski definition) is 5. The van der Waals surface area contributed by atoms with Crippen LogP contribution in [0.15, 0.2) is 0 Å². The van der Waals surface area contributed by atoms with Gasteiger partial charge >= 0.3 is 12.1 Å². The number of ether oxygens (including phenoxy) is 1. The molecule has 9 heteroatoms. The highest BCUT2D eigenvalue weighted by Crippen LogP contribution is 2.23. The Morgan fingerprint density at radius 3 is 2.36 bits per heavy atom. The summed E-state index contributed by atoms with van der Waals surface area (Å²) in [5.74, 6) is -1.16. The van der Waals surface area contributed by atoms with Gasteiger partial charge in [-0.2, -0.15) is 5.01 Å². The monoisotopic (exact) mass is 398 g/mol. The molecule has 1 unspecified atom stereocenters. The fraction of sp³-hybridized carbons (Fsp3) is 0.789. The van der Waals surface area contributed by atoms with Crippen LogP contribution < -0.4 is 10.7 Å². The number of nitrogens with one attached hydrogen (secondary N) is 2. The normalized spacial score (nSPS) is 19.4. The number of imide groups is 1. The van der Waals surface area contributed by atoms with Crippen molar-refractivity contribution < 1.29 is 23.9 Å². The summed E-state index contributed by atoms with van der Waals surface area (Å²) in [4.78, 5) is 50.0. The molecule has 1 saturated heterocycles. The van der Waals surface area contributed by atoms with Crippen LogP contribution in [0, 0.1) is 0 Å². The van der Waals surface area contributed by atoms with E-state index in [0.717, 1.165) is 37.0 Å². The maximum absolute atomic E-state index is 12.6. The predicted molar refractivity (Wildman–Crippen MR) is 104 cm³/mol. The number of unbranched alkanes of at least 4 members (excludes halogenated alkanes) is 4. The maximum atomic E-state index is 12.6. The van der Waals surface area contributed by atoms with Crippen LogP contribution in [0.1, 0.15) is 73.1 Å². The van der Waals surface area contributed by atoms with Crippen molar-refractivity contribution in [1.82, 2.24) is 20.7 Å². The van der Waals surface area contributed by atoms with Crippen molar-refractivity contribution in [2.75, 3.05) is 13.6 Å². The first-order valence-corrected chi connectivity index (χ1v) is 9.80. The predicted octanol–water partition coefficient (Wildman–Crippen LogP) is 2.56. The Bertz CT molecular complexity index is 602. The number of nitrogens with zero attached hydrogens (tertiary/aromatic N) is 2. The fourth-order valence-electron chi connectivity index (χ4n) is 2.82. The first kappa shape index (κ1) is 23.7. The Labute approximate surface area is 167 Å². The Morgan fingerprint density at radius 2 is 1.79 bits per heavy atom. The van der Waals surface area contributed by atoms with Crippen LogP contribution >= 0.6 is 0 Å². The van der Waals surface area contributed by atoms with Crippen LogP contribution in [0.5, 0.6) is 0 Å². The van der Waals surface area contributed by atoms with Gasteiger partial charge in [0.15, 0.2) is 0 Å². The summed E-state index contributed by atoms with van der Waals surface area (Å²) in [7, 11) is 1.40. The number of carbonyl (C=O) groups is 4. The molecule has 1 heterocycles. The van der Waals surface area contributed by atoms with E-state index >= 15 is 0 Å². The minimum absolute atomic E-state index is 0.348. The molecule has 2 N–H and O–H groups in total. The molecule has 1 aliphatic rings. The van der Waals surface area contributed by atoms with Crippen LogP contribution in [0.2, 0.25) is 0 Å². The second-order valence-corrected chi connectivity index (χ2v) is 8.44. The second kappa shape index (κ2) is 9.75. The molecular weight excluding hydrogens is 364 g/mol. The number of hydrazine groups is 1. The number of hydrogen-bond donors (Lipinski definition) is 2. The lowest BCUT2D eigenvalue weighted by Crippen LogP contribution is -2.51.